The molecule has 5 nitrogen and oxygen atoms in total. The molecule has 2 atom stereocenters. The smallest absolute Gasteiger partial charge is 0.304 e. The minimum Gasteiger partial charge on any atom is -0.486 e. The molecule has 1 aromatic heterocycles. The van der Waals surface area contributed by atoms with E-state index >= 15 is 0 Å². The zero-order valence-electron chi connectivity index (χ0n) is 17.7. The van der Waals surface area contributed by atoms with Crippen LogP contribution in [0.4, 0.5) is 0 Å². The second-order valence-electron chi connectivity index (χ2n) is 7.91. The van der Waals surface area contributed by atoms with Crippen LogP contribution in [0.3, 0.4) is 0 Å². The first kappa shape index (κ1) is 21.4. The molecule has 0 radical (unpaired) electrons. The Morgan fingerprint density at radius 1 is 1.13 bits per heavy atom. The van der Waals surface area contributed by atoms with Gasteiger partial charge in [0.25, 0.3) is 0 Å². The lowest BCUT2D eigenvalue weighted by molar-refractivity contribution is -0.137. The zero-order chi connectivity index (χ0) is 21.5. The number of aliphatic carboxylic acids is 1. The summed E-state index contributed by atoms with van der Waals surface area (Å²) < 4.78 is 6.37. The number of benzene rings is 2. The lowest BCUT2D eigenvalue weighted by Crippen LogP contribution is -2.09. The van der Waals surface area contributed by atoms with Crippen molar-refractivity contribution in [2.75, 3.05) is 0 Å². The Kier molecular flexibility index (Phi) is 7.13. The number of hydrogen-bond acceptors (Lipinski definition) is 3. The van der Waals surface area contributed by atoms with Crippen LogP contribution in [0.2, 0.25) is 0 Å². The van der Waals surface area contributed by atoms with Gasteiger partial charge in [-0.2, -0.15) is 5.10 Å². The largest absolute Gasteiger partial charge is 0.486 e. The maximum atomic E-state index is 11.1. The topological polar surface area (TPSA) is 75.2 Å². The van der Waals surface area contributed by atoms with Gasteiger partial charge in [-0.15, -0.1) is 5.92 Å². The van der Waals surface area contributed by atoms with E-state index in [0.717, 1.165) is 40.6 Å². The number of fused-ring (bicyclic) bond motifs is 1. The van der Waals surface area contributed by atoms with E-state index < -0.39 is 5.97 Å². The molecule has 156 valence electrons. The van der Waals surface area contributed by atoms with E-state index in [-0.39, 0.29) is 18.4 Å². The van der Waals surface area contributed by atoms with Gasteiger partial charge in [-0.25, -0.2) is 0 Å². The molecule has 5 heteroatoms. The Labute approximate surface area is 177 Å². The zero-order valence-corrected chi connectivity index (χ0v) is 17.7. The molecule has 0 aliphatic heterocycles. The van der Waals surface area contributed by atoms with Gasteiger partial charge in [0.2, 0.25) is 0 Å². The third-order valence-electron chi connectivity index (χ3n) is 5.10. The molecule has 30 heavy (non-hydrogen) atoms. The van der Waals surface area contributed by atoms with Crippen LogP contribution >= 0.6 is 0 Å². The summed E-state index contributed by atoms with van der Waals surface area (Å²) in [6.45, 7) is 6.15. The third-order valence-corrected chi connectivity index (χ3v) is 5.10. The van der Waals surface area contributed by atoms with Crippen molar-refractivity contribution >= 4 is 16.9 Å². The molecule has 3 rings (SSSR count). The van der Waals surface area contributed by atoms with Crippen LogP contribution in [0.1, 0.15) is 63.2 Å². The van der Waals surface area contributed by atoms with Crippen molar-refractivity contribution < 1.29 is 14.6 Å². The second kappa shape index (κ2) is 9.98. The van der Waals surface area contributed by atoms with Crippen molar-refractivity contribution in [3.05, 3.63) is 59.8 Å². The van der Waals surface area contributed by atoms with E-state index in [9.17, 15) is 4.79 Å². The molecule has 2 N–H and O–H groups in total. The summed E-state index contributed by atoms with van der Waals surface area (Å²) in [7, 11) is 0. The van der Waals surface area contributed by atoms with Gasteiger partial charge in [0.15, 0.2) is 0 Å². The lowest BCUT2D eigenvalue weighted by Gasteiger charge is -2.21. The molecule has 0 saturated carbocycles. The minimum atomic E-state index is -0.855. The number of nitrogens with one attached hydrogen (secondary N) is 1. The predicted molar refractivity (Wildman–Crippen MR) is 118 cm³/mol. The number of rotatable bonds is 9. The van der Waals surface area contributed by atoms with Crippen molar-refractivity contribution in [1.82, 2.24) is 10.2 Å². The summed E-state index contributed by atoms with van der Waals surface area (Å²) in [5.41, 5.74) is 3.01. The van der Waals surface area contributed by atoms with Crippen molar-refractivity contribution in [1.29, 1.82) is 0 Å². The number of aromatic amines is 1. The molecular weight excluding hydrogens is 376 g/mol. The number of aromatic nitrogens is 2. The molecule has 0 aliphatic rings. The first-order valence-corrected chi connectivity index (χ1v) is 10.3. The standard InChI is InChI=1S/C25H28N2O3/c1-4-5-19(15-25(28)29)18-7-10-22(11-8-18)30-24(13-6-17(2)3)20-9-12-23-21(14-20)16-26-27-23/h7-12,14,16-17,19,24H,6,13,15H2,1-3H3,(H,26,27)(H,28,29)/t19?,24-/m0/s1. The van der Waals surface area contributed by atoms with Gasteiger partial charge in [-0.3, -0.25) is 9.89 Å². The highest BCUT2D eigenvalue weighted by Gasteiger charge is 2.17. The molecule has 0 amide bonds. The number of carbonyl (C=O) groups is 1. The first-order valence-electron chi connectivity index (χ1n) is 10.3. The van der Waals surface area contributed by atoms with E-state index in [0.29, 0.717) is 5.92 Å². The highest BCUT2D eigenvalue weighted by Crippen LogP contribution is 2.30. The first-order chi connectivity index (χ1) is 14.5. The van der Waals surface area contributed by atoms with Crippen LogP contribution in [-0.2, 0) is 4.79 Å². The van der Waals surface area contributed by atoms with Gasteiger partial charge >= 0.3 is 5.97 Å². The second-order valence-corrected chi connectivity index (χ2v) is 7.91. The van der Waals surface area contributed by atoms with E-state index in [1.807, 2.05) is 36.5 Å². The Hall–Kier alpha value is -3.26. The fourth-order valence-corrected chi connectivity index (χ4v) is 3.48. The van der Waals surface area contributed by atoms with Gasteiger partial charge in [0, 0.05) is 5.39 Å². The van der Waals surface area contributed by atoms with Gasteiger partial charge in [-0.1, -0.05) is 38.0 Å². The monoisotopic (exact) mass is 404 g/mol. The van der Waals surface area contributed by atoms with E-state index in [2.05, 4.69) is 48.0 Å². The Morgan fingerprint density at radius 2 is 1.87 bits per heavy atom. The van der Waals surface area contributed by atoms with Crippen LogP contribution in [0.5, 0.6) is 5.75 Å². The van der Waals surface area contributed by atoms with Crippen molar-refractivity contribution in [2.45, 2.75) is 52.1 Å². The average molecular weight is 405 g/mol. The highest BCUT2D eigenvalue weighted by molar-refractivity contribution is 5.78. The van der Waals surface area contributed by atoms with Gasteiger partial charge in [0.1, 0.15) is 11.9 Å². The highest BCUT2D eigenvalue weighted by atomic mass is 16.5. The maximum Gasteiger partial charge on any atom is 0.304 e. The summed E-state index contributed by atoms with van der Waals surface area (Å²) in [6.07, 6.45) is 3.71. The number of carboxylic acids is 1. The molecule has 0 bridgehead atoms. The summed E-state index contributed by atoms with van der Waals surface area (Å²) in [5, 5.41) is 17.3. The molecule has 1 heterocycles. The molecule has 0 fully saturated rings. The minimum absolute atomic E-state index is 0.0111. The summed E-state index contributed by atoms with van der Waals surface area (Å²) in [5.74, 6) is 5.98. The number of ether oxygens (including phenoxy) is 1. The van der Waals surface area contributed by atoms with Crippen LogP contribution < -0.4 is 4.74 Å². The van der Waals surface area contributed by atoms with Crippen LogP contribution in [0, 0.1) is 17.8 Å². The normalized spacial score (nSPS) is 12.9. The van der Waals surface area contributed by atoms with Crippen LogP contribution in [0.25, 0.3) is 10.9 Å². The molecule has 0 saturated heterocycles. The third kappa shape index (κ3) is 5.64. The summed E-state index contributed by atoms with van der Waals surface area (Å²) >= 11 is 0. The van der Waals surface area contributed by atoms with Gasteiger partial charge in [-0.05, 0) is 61.1 Å². The maximum absolute atomic E-state index is 11.1. The number of H-pyrrole nitrogens is 1. The molecular formula is C25H28N2O3. The molecule has 1 unspecified atom stereocenters. The van der Waals surface area contributed by atoms with E-state index in [1.54, 1.807) is 6.92 Å². The van der Waals surface area contributed by atoms with Crippen LogP contribution in [-0.4, -0.2) is 21.3 Å². The summed E-state index contributed by atoms with van der Waals surface area (Å²) in [6, 6.07) is 13.9. The molecule has 0 spiro atoms. The van der Waals surface area contributed by atoms with Crippen LogP contribution in [0.15, 0.2) is 48.7 Å². The predicted octanol–water partition coefficient (Wildman–Crippen LogP) is 5.70. The number of nitrogens with zero attached hydrogens (tertiary/aromatic N) is 1. The number of carboxylic acid groups (broad SMARTS) is 1. The van der Waals surface area contributed by atoms with Crippen molar-refractivity contribution in [2.24, 2.45) is 5.92 Å². The van der Waals surface area contributed by atoms with Gasteiger partial charge < -0.3 is 9.84 Å². The SMILES string of the molecule is CC#CC(CC(=O)O)c1ccc(O[C@@H](CCC(C)C)c2ccc3[nH]ncc3c2)cc1. The number of hydrogen-bond donors (Lipinski definition) is 2. The molecule has 2 aromatic carbocycles. The van der Waals surface area contributed by atoms with Crippen molar-refractivity contribution in [3.8, 4) is 17.6 Å². The summed E-state index contributed by atoms with van der Waals surface area (Å²) in [4.78, 5) is 11.1. The van der Waals surface area contributed by atoms with Gasteiger partial charge in [0.05, 0.1) is 24.1 Å². The lowest BCUT2D eigenvalue weighted by atomic mass is 9.96. The Balaban J connectivity index is 1.81. The van der Waals surface area contributed by atoms with E-state index in [1.165, 1.54) is 0 Å². The Bertz CT molecular complexity index is 1040. The molecule has 0 aliphatic carbocycles. The average Bonchev–Trinajstić information content (AvgIpc) is 3.18. The van der Waals surface area contributed by atoms with E-state index in [4.69, 9.17) is 9.84 Å². The fourth-order valence-electron chi connectivity index (χ4n) is 3.48. The Morgan fingerprint density at radius 3 is 2.53 bits per heavy atom. The van der Waals surface area contributed by atoms with Crippen molar-refractivity contribution in [3.63, 3.8) is 0 Å². The molecule has 3 aromatic rings. The fraction of sp³-hybridized carbons (Fsp3) is 0.360. The quantitative estimate of drug-likeness (QED) is 0.449.